The summed E-state index contributed by atoms with van der Waals surface area (Å²) in [5.41, 5.74) is 0.391. The van der Waals surface area contributed by atoms with Crippen molar-refractivity contribution in [2.45, 2.75) is 6.04 Å². The molecule has 29 heavy (non-hydrogen) atoms. The number of aromatic nitrogens is 2. The van der Waals surface area contributed by atoms with Crippen molar-refractivity contribution in [1.29, 1.82) is 0 Å². The maximum Gasteiger partial charge on any atom is 0.271 e. The Bertz CT molecular complexity index is 994. The Morgan fingerprint density at radius 3 is 2.83 bits per heavy atom. The third kappa shape index (κ3) is 3.65. The van der Waals surface area contributed by atoms with Gasteiger partial charge >= 0.3 is 0 Å². The first-order chi connectivity index (χ1) is 14.0. The van der Waals surface area contributed by atoms with Crippen LogP contribution in [0.4, 0.5) is 4.39 Å². The van der Waals surface area contributed by atoms with E-state index in [2.05, 4.69) is 9.97 Å². The van der Waals surface area contributed by atoms with Crippen LogP contribution in [0.2, 0.25) is 0 Å². The van der Waals surface area contributed by atoms with E-state index in [0.29, 0.717) is 25.2 Å². The fraction of sp³-hybridized carbons (Fsp3) is 0.400. The van der Waals surface area contributed by atoms with Gasteiger partial charge in [-0.3, -0.25) is 19.4 Å². The van der Waals surface area contributed by atoms with Crippen LogP contribution in [-0.2, 0) is 9.53 Å². The molecule has 0 unspecified atom stereocenters. The number of H-pyrrole nitrogens is 1. The molecule has 152 valence electrons. The molecular formula is C20H21FN4O4. The average Bonchev–Trinajstić information content (AvgIpc) is 3.25. The molecule has 0 radical (unpaired) electrons. The van der Waals surface area contributed by atoms with Crippen LogP contribution in [0.25, 0.3) is 0 Å². The van der Waals surface area contributed by atoms with Crippen molar-refractivity contribution in [2.24, 2.45) is 11.8 Å². The Kier molecular flexibility index (Phi) is 5.14. The van der Waals surface area contributed by atoms with Gasteiger partial charge in [0.15, 0.2) is 0 Å². The van der Waals surface area contributed by atoms with Gasteiger partial charge in [0.25, 0.3) is 11.5 Å². The second-order valence-corrected chi connectivity index (χ2v) is 7.42. The number of nitrogens with zero attached hydrogens (tertiary/aromatic N) is 3. The molecule has 0 saturated carbocycles. The molecule has 4 rings (SSSR count). The summed E-state index contributed by atoms with van der Waals surface area (Å²) in [5, 5.41) is 0. The van der Waals surface area contributed by atoms with E-state index in [4.69, 9.17) is 4.74 Å². The summed E-state index contributed by atoms with van der Waals surface area (Å²) in [6.07, 6.45) is 2.44. The molecule has 3 heterocycles. The number of ether oxygens (including phenoxy) is 1. The second kappa shape index (κ2) is 7.75. The average molecular weight is 400 g/mol. The van der Waals surface area contributed by atoms with E-state index < -0.39 is 5.56 Å². The number of fused-ring (bicyclic) bond motifs is 1. The van der Waals surface area contributed by atoms with E-state index in [0.717, 1.165) is 6.20 Å². The molecule has 1 aromatic carbocycles. The number of amides is 2. The predicted molar refractivity (Wildman–Crippen MR) is 100 cm³/mol. The molecule has 0 aliphatic carbocycles. The number of nitrogens with one attached hydrogen (secondary N) is 1. The van der Waals surface area contributed by atoms with Crippen LogP contribution in [0, 0.1) is 17.7 Å². The summed E-state index contributed by atoms with van der Waals surface area (Å²) in [6, 6.07) is 5.87. The first kappa shape index (κ1) is 19.3. The van der Waals surface area contributed by atoms with Gasteiger partial charge in [0, 0.05) is 38.6 Å². The third-order valence-electron chi connectivity index (χ3n) is 5.61. The van der Waals surface area contributed by atoms with Crippen molar-refractivity contribution in [3.63, 3.8) is 0 Å². The molecule has 2 fully saturated rings. The number of aromatic amines is 1. The maximum absolute atomic E-state index is 13.9. The van der Waals surface area contributed by atoms with Crippen LogP contribution in [0.1, 0.15) is 22.1 Å². The van der Waals surface area contributed by atoms with Crippen molar-refractivity contribution in [3.8, 4) is 0 Å². The Labute approximate surface area is 166 Å². The smallest absolute Gasteiger partial charge is 0.271 e. The van der Waals surface area contributed by atoms with Gasteiger partial charge in [0.1, 0.15) is 18.1 Å². The Morgan fingerprint density at radius 1 is 1.28 bits per heavy atom. The number of rotatable bonds is 4. The number of benzene rings is 1. The van der Waals surface area contributed by atoms with Gasteiger partial charge in [-0.25, -0.2) is 4.39 Å². The van der Waals surface area contributed by atoms with Gasteiger partial charge in [-0.2, -0.15) is 0 Å². The van der Waals surface area contributed by atoms with Crippen LogP contribution in [0.3, 0.4) is 0 Å². The molecule has 2 saturated heterocycles. The minimum atomic E-state index is -0.441. The highest BCUT2D eigenvalue weighted by molar-refractivity contribution is 5.92. The van der Waals surface area contributed by atoms with Gasteiger partial charge in [-0.15, -0.1) is 0 Å². The highest BCUT2D eigenvalue weighted by Crippen LogP contribution is 2.45. The van der Waals surface area contributed by atoms with E-state index in [9.17, 15) is 18.8 Å². The van der Waals surface area contributed by atoms with Gasteiger partial charge in [-0.05, 0) is 17.7 Å². The van der Waals surface area contributed by atoms with Gasteiger partial charge in [0.05, 0.1) is 18.4 Å². The van der Waals surface area contributed by atoms with Crippen molar-refractivity contribution in [2.75, 3.05) is 33.4 Å². The van der Waals surface area contributed by atoms with Crippen LogP contribution in [0.5, 0.6) is 0 Å². The number of hydrogen-bond donors (Lipinski definition) is 1. The molecule has 0 spiro atoms. The van der Waals surface area contributed by atoms with Crippen LogP contribution < -0.4 is 5.56 Å². The standard InChI is InChI=1S/C20H21FN4O4/c1-29-11-18(27)25-9-13-8-24(20(28)16-6-22-7-17(26)23-16)10-15(13)19(25)12-3-2-4-14(21)5-12/h2-7,13,15,19H,8-11H2,1H3,(H,23,26)/t13-,15-,19+/m1/s1. The van der Waals surface area contributed by atoms with Crippen molar-refractivity contribution in [1.82, 2.24) is 19.8 Å². The first-order valence-electron chi connectivity index (χ1n) is 9.35. The van der Waals surface area contributed by atoms with Gasteiger partial charge in [0.2, 0.25) is 5.91 Å². The summed E-state index contributed by atoms with van der Waals surface area (Å²) in [5.74, 6) is -0.826. The normalized spacial score (nSPS) is 23.3. The lowest BCUT2D eigenvalue weighted by molar-refractivity contribution is -0.136. The van der Waals surface area contributed by atoms with Gasteiger partial charge < -0.3 is 19.5 Å². The lowest BCUT2D eigenvalue weighted by Crippen LogP contribution is -2.39. The number of halogens is 1. The Morgan fingerprint density at radius 2 is 2.10 bits per heavy atom. The highest BCUT2D eigenvalue weighted by Gasteiger charge is 2.50. The minimum absolute atomic E-state index is 0.0371. The molecule has 3 atom stereocenters. The van der Waals surface area contributed by atoms with Gasteiger partial charge in [-0.1, -0.05) is 12.1 Å². The molecular weight excluding hydrogens is 379 g/mol. The number of methoxy groups -OCH3 is 1. The van der Waals surface area contributed by atoms with Crippen molar-refractivity contribution in [3.05, 3.63) is 64.1 Å². The molecule has 8 nitrogen and oxygen atoms in total. The van der Waals surface area contributed by atoms with E-state index in [1.807, 2.05) is 0 Å². The summed E-state index contributed by atoms with van der Waals surface area (Å²) in [6.45, 7) is 1.26. The molecule has 0 bridgehead atoms. The van der Waals surface area contributed by atoms with Crippen LogP contribution in [-0.4, -0.2) is 64.9 Å². The number of hydrogen-bond acceptors (Lipinski definition) is 5. The quantitative estimate of drug-likeness (QED) is 0.820. The number of likely N-dealkylation sites (tertiary alicyclic amines) is 2. The van der Waals surface area contributed by atoms with E-state index in [1.54, 1.807) is 21.9 Å². The van der Waals surface area contributed by atoms with E-state index in [1.165, 1.54) is 25.4 Å². The minimum Gasteiger partial charge on any atom is -0.375 e. The Hall–Kier alpha value is -3.07. The number of carbonyl (C=O) groups is 2. The predicted octanol–water partition coefficient (Wildman–Crippen LogP) is 0.827. The third-order valence-corrected chi connectivity index (χ3v) is 5.61. The molecule has 2 aliphatic heterocycles. The topological polar surface area (TPSA) is 95.6 Å². The lowest BCUT2D eigenvalue weighted by Gasteiger charge is -2.30. The fourth-order valence-corrected chi connectivity index (χ4v) is 4.45. The summed E-state index contributed by atoms with van der Waals surface area (Å²) in [7, 11) is 1.46. The van der Waals surface area contributed by atoms with E-state index in [-0.39, 0.29) is 47.8 Å². The summed E-state index contributed by atoms with van der Waals surface area (Å²) in [4.78, 5) is 46.5. The molecule has 2 aromatic rings. The van der Waals surface area contributed by atoms with Crippen molar-refractivity contribution < 1.29 is 18.7 Å². The molecule has 1 aromatic heterocycles. The zero-order chi connectivity index (χ0) is 20.5. The largest absolute Gasteiger partial charge is 0.375 e. The lowest BCUT2D eigenvalue weighted by atomic mass is 9.89. The molecule has 9 heteroatoms. The monoisotopic (exact) mass is 400 g/mol. The molecule has 2 aliphatic rings. The maximum atomic E-state index is 13.9. The molecule has 2 amide bonds. The van der Waals surface area contributed by atoms with Crippen LogP contribution in [0.15, 0.2) is 41.5 Å². The Balaban J connectivity index is 1.61. The van der Waals surface area contributed by atoms with E-state index >= 15 is 0 Å². The zero-order valence-electron chi connectivity index (χ0n) is 15.9. The fourth-order valence-electron chi connectivity index (χ4n) is 4.45. The van der Waals surface area contributed by atoms with Crippen LogP contribution >= 0.6 is 0 Å². The highest BCUT2D eigenvalue weighted by atomic mass is 19.1. The molecule has 1 N–H and O–H groups in total. The summed E-state index contributed by atoms with van der Waals surface area (Å²) < 4.78 is 18.9. The number of carbonyl (C=O) groups excluding carboxylic acids is 2. The van der Waals surface area contributed by atoms with Crippen molar-refractivity contribution >= 4 is 11.8 Å². The summed E-state index contributed by atoms with van der Waals surface area (Å²) >= 11 is 0. The SMILES string of the molecule is COCC(=O)N1C[C@H]2CN(C(=O)c3cncc(=O)[nH]3)C[C@H]2[C@@H]1c1cccc(F)c1. The zero-order valence-corrected chi connectivity index (χ0v) is 15.9. The first-order valence-corrected chi connectivity index (χ1v) is 9.35. The second-order valence-electron chi connectivity index (χ2n) is 7.42.